The lowest BCUT2D eigenvalue weighted by Gasteiger charge is -2.23. The molecule has 0 aromatic heterocycles. The molecule has 3 N–H and O–H groups in total. The van der Waals surface area contributed by atoms with Crippen molar-refractivity contribution in [1.82, 2.24) is 10.6 Å². The van der Waals surface area contributed by atoms with Gasteiger partial charge in [0.1, 0.15) is 0 Å². The van der Waals surface area contributed by atoms with Gasteiger partial charge in [-0.25, -0.2) is 0 Å². The number of benzene rings is 1. The number of hydrogen-bond donors (Lipinski definition) is 3. The van der Waals surface area contributed by atoms with E-state index in [9.17, 15) is 9.59 Å². The molecule has 0 aliphatic carbocycles. The van der Waals surface area contributed by atoms with E-state index in [1.807, 2.05) is 32.9 Å². The van der Waals surface area contributed by atoms with Crippen LogP contribution in [0.25, 0.3) is 0 Å². The monoisotopic (exact) mass is 353 g/mol. The van der Waals surface area contributed by atoms with Crippen molar-refractivity contribution in [3.63, 3.8) is 0 Å². The molecule has 1 heterocycles. The maximum atomic E-state index is 12.3. The molecular formula is C18H28ClN3O2. The van der Waals surface area contributed by atoms with Crippen molar-refractivity contribution in [3.05, 3.63) is 29.3 Å². The third-order valence-corrected chi connectivity index (χ3v) is 4.03. The molecule has 1 aromatic carbocycles. The van der Waals surface area contributed by atoms with Crippen LogP contribution in [0.4, 0.5) is 5.69 Å². The highest BCUT2D eigenvalue weighted by atomic mass is 35.5. The molecule has 1 aromatic rings. The van der Waals surface area contributed by atoms with Crippen LogP contribution in [-0.4, -0.2) is 30.9 Å². The Bertz CT molecular complexity index is 569. The molecule has 1 saturated heterocycles. The average Bonchev–Trinajstić information content (AvgIpc) is 2.49. The lowest BCUT2D eigenvalue weighted by molar-refractivity contribution is -0.116. The van der Waals surface area contributed by atoms with Crippen molar-refractivity contribution in [1.29, 1.82) is 0 Å². The summed E-state index contributed by atoms with van der Waals surface area (Å²) in [6.45, 7) is 7.84. The zero-order valence-corrected chi connectivity index (χ0v) is 15.5. The Morgan fingerprint density at radius 3 is 2.50 bits per heavy atom. The van der Waals surface area contributed by atoms with Gasteiger partial charge in [-0.2, -0.15) is 0 Å². The van der Waals surface area contributed by atoms with Crippen molar-refractivity contribution < 1.29 is 9.59 Å². The summed E-state index contributed by atoms with van der Waals surface area (Å²) in [4.78, 5) is 24.2. The maximum Gasteiger partial charge on any atom is 0.251 e. The van der Waals surface area contributed by atoms with E-state index in [1.165, 1.54) is 0 Å². The highest BCUT2D eigenvalue weighted by Gasteiger charge is 2.17. The molecular weight excluding hydrogens is 326 g/mol. The van der Waals surface area contributed by atoms with Crippen LogP contribution >= 0.6 is 12.4 Å². The first-order valence-corrected chi connectivity index (χ1v) is 8.38. The van der Waals surface area contributed by atoms with Crippen molar-refractivity contribution >= 4 is 29.9 Å². The van der Waals surface area contributed by atoms with E-state index in [0.717, 1.165) is 37.2 Å². The predicted molar refractivity (Wildman–Crippen MR) is 99.9 cm³/mol. The summed E-state index contributed by atoms with van der Waals surface area (Å²) < 4.78 is 0. The topological polar surface area (TPSA) is 70.2 Å². The second-order valence-electron chi connectivity index (χ2n) is 6.67. The van der Waals surface area contributed by atoms with Gasteiger partial charge in [0.05, 0.1) is 0 Å². The summed E-state index contributed by atoms with van der Waals surface area (Å²) in [6, 6.07) is 5.66. The molecule has 0 unspecified atom stereocenters. The van der Waals surface area contributed by atoms with Gasteiger partial charge < -0.3 is 16.0 Å². The number of aryl methyl sites for hydroxylation is 1. The summed E-state index contributed by atoms with van der Waals surface area (Å²) in [5, 5.41) is 9.28. The van der Waals surface area contributed by atoms with Gasteiger partial charge in [-0.15, -0.1) is 12.4 Å². The van der Waals surface area contributed by atoms with Crippen molar-refractivity contribution in [2.75, 3.05) is 18.4 Å². The Balaban J connectivity index is 0.00000288. The van der Waals surface area contributed by atoms with Crippen molar-refractivity contribution in [3.8, 4) is 0 Å². The Morgan fingerprint density at radius 2 is 1.92 bits per heavy atom. The van der Waals surface area contributed by atoms with Gasteiger partial charge in [0, 0.05) is 23.7 Å². The zero-order valence-electron chi connectivity index (χ0n) is 14.6. The van der Waals surface area contributed by atoms with E-state index >= 15 is 0 Å². The molecule has 6 heteroatoms. The van der Waals surface area contributed by atoms with E-state index in [1.54, 1.807) is 6.07 Å². The largest absolute Gasteiger partial charge is 0.349 e. The average molecular weight is 354 g/mol. The first-order valence-electron chi connectivity index (χ1n) is 8.38. The number of amides is 2. The standard InChI is InChI=1S/C18H27N3O2.ClH/c1-12(2)10-17(22)21-16-5-4-14(11-13(16)3)18(23)20-15-6-8-19-9-7-15;/h4-5,11-12,15,19H,6-10H2,1-3H3,(H,20,23)(H,21,22);1H. The molecule has 1 aliphatic heterocycles. The SMILES string of the molecule is Cc1cc(C(=O)NC2CCNCC2)ccc1NC(=O)CC(C)C.Cl. The molecule has 24 heavy (non-hydrogen) atoms. The van der Waals surface area contributed by atoms with Gasteiger partial charge in [-0.1, -0.05) is 13.8 Å². The molecule has 1 aliphatic rings. The fraction of sp³-hybridized carbons (Fsp3) is 0.556. The quantitative estimate of drug-likeness (QED) is 0.762. The van der Waals surface area contributed by atoms with Crippen LogP contribution in [0, 0.1) is 12.8 Å². The number of halogens is 1. The summed E-state index contributed by atoms with van der Waals surface area (Å²) in [6.07, 6.45) is 2.43. The molecule has 0 spiro atoms. The Morgan fingerprint density at radius 1 is 1.25 bits per heavy atom. The van der Waals surface area contributed by atoms with Crippen LogP contribution in [0.1, 0.15) is 49.0 Å². The normalized spacial score (nSPS) is 14.8. The summed E-state index contributed by atoms with van der Waals surface area (Å²) >= 11 is 0. The first kappa shape index (κ1) is 20.5. The molecule has 2 rings (SSSR count). The van der Waals surface area contributed by atoms with E-state index in [-0.39, 0.29) is 30.3 Å². The zero-order chi connectivity index (χ0) is 16.8. The van der Waals surface area contributed by atoms with Crippen LogP contribution in [0.2, 0.25) is 0 Å². The fourth-order valence-electron chi connectivity index (χ4n) is 2.75. The van der Waals surface area contributed by atoms with Crippen molar-refractivity contribution in [2.24, 2.45) is 5.92 Å². The van der Waals surface area contributed by atoms with Gasteiger partial charge in [0.15, 0.2) is 0 Å². The molecule has 5 nitrogen and oxygen atoms in total. The molecule has 134 valence electrons. The Kier molecular flexibility index (Phi) is 8.22. The first-order chi connectivity index (χ1) is 11.0. The van der Waals surface area contributed by atoms with Gasteiger partial charge in [0.25, 0.3) is 5.91 Å². The highest BCUT2D eigenvalue weighted by molar-refractivity contribution is 5.96. The second kappa shape index (κ2) is 9.64. The van der Waals surface area contributed by atoms with Crippen molar-refractivity contribution in [2.45, 2.75) is 46.1 Å². The molecule has 2 amide bonds. The van der Waals surface area contributed by atoms with Gasteiger partial charge in [-0.05, 0) is 62.5 Å². The van der Waals surface area contributed by atoms with Crippen LogP contribution in [-0.2, 0) is 4.79 Å². The number of nitrogens with one attached hydrogen (secondary N) is 3. The number of piperidine rings is 1. The third kappa shape index (κ3) is 6.13. The predicted octanol–water partition coefficient (Wildman–Crippen LogP) is 2.88. The van der Waals surface area contributed by atoms with E-state index < -0.39 is 0 Å². The lowest BCUT2D eigenvalue weighted by Crippen LogP contribution is -2.42. The van der Waals surface area contributed by atoms with E-state index in [0.29, 0.717) is 17.9 Å². The number of carbonyl (C=O) groups excluding carboxylic acids is 2. The third-order valence-electron chi connectivity index (χ3n) is 4.03. The number of rotatable bonds is 5. The molecule has 0 bridgehead atoms. The lowest BCUT2D eigenvalue weighted by atomic mass is 10.0. The minimum atomic E-state index is -0.0416. The minimum Gasteiger partial charge on any atom is -0.349 e. The second-order valence-corrected chi connectivity index (χ2v) is 6.67. The molecule has 1 fully saturated rings. The molecule has 0 atom stereocenters. The van der Waals surface area contributed by atoms with E-state index in [2.05, 4.69) is 16.0 Å². The molecule has 0 saturated carbocycles. The number of anilines is 1. The fourth-order valence-corrected chi connectivity index (χ4v) is 2.75. The highest BCUT2D eigenvalue weighted by Crippen LogP contribution is 2.18. The number of carbonyl (C=O) groups is 2. The van der Waals surface area contributed by atoms with Crippen LogP contribution < -0.4 is 16.0 Å². The van der Waals surface area contributed by atoms with Crippen LogP contribution in [0.3, 0.4) is 0 Å². The Labute approximate surface area is 150 Å². The van der Waals surface area contributed by atoms with Crippen LogP contribution in [0.15, 0.2) is 18.2 Å². The summed E-state index contributed by atoms with van der Waals surface area (Å²) in [7, 11) is 0. The van der Waals surface area contributed by atoms with Gasteiger partial charge >= 0.3 is 0 Å². The van der Waals surface area contributed by atoms with Gasteiger partial charge in [-0.3, -0.25) is 9.59 Å². The molecule has 0 radical (unpaired) electrons. The number of hydrogen-bond acceptors (Lipinski definition) is 3. The van der Waals surface area contributed by atoms with Gasteiger partial charge in [0.2, 0.25) is 5.91 Å². The smallest absolute Gasteiger partial charge is 0.251 e. The minimum absolute atomic E-state index is 0. The summed E-state index contributed by atoms with van der Waals surface area (Å²) in [5.74, 6) is 0.292. The van der Waals surface area contributed by atoms with Crippen LogP contribution in [0.5, 0.6) is 0 Å². The Hall–Kier alpha value is -1.59. The summed E-state index contributed by atoms with van der Waals surface area (Å²) in [5.41, 5.74) is 2.32. The maximum absolute atomic E-state index is 12.3. The van der Waals surface area contributed by atoms with E-state index in [4.69, 9.17) is 0 Å².